The van der Waals surface area contributed by atoms with Crippen LogP contribution in [0, 0.1) is 6.85 Å². The van der Waals surface area contributed by atoms with Gasteiger partial charge in [-0.1, -0.05) is 167 Å². The first-order valence-corrected chi connectivity index (χ1v) is 26.5. The van der Waals surface area contributed by atoms with Crippen LogP contribution in [0.25, 0.3) is 21.2 Å². The topological polar surface area (TPSA) is 9.72 Å². The van der Waals surface area contributed by atoms with Gasteiger partial charge >= 0.3 is 0 Å². The molecular formula is C65H68BN3S. The summed E-state index contributed by atoms with van der Waals surface area (Å²) in [4.78, 5) is 7.54. The molecule has 5 heteroatoms. The van der Waals surface area contributed by atoms with E-state index in [1.165, 1.54) is 67.5 Å². The summed E-state index contributed by atoms with van der Waals surface area (Å²) < 4.78 is 28.9. The second kappa shape index (κ2) is 15.5. The molecule has 2 atom stereocenters. The van der Waals surface area contributed by atoms with E-state index in [2.05, 4.69) is 224 Å². The highest BCUT2D eigenvalue weighted by molar-refractivity contribution is 7.26. The second-order valence-electron chi connectivity index (χ2n) is 24.4. The van der Waals surface area contributed by atoms with Gasteiger partial charge in [-0.25, -0.2) is 0 Å². The largest absolute Gasteiger partial charge is 0.334 e. The van der Waals surface area contributed by atoms with Gasteiger partial charge in [0.1, 0.15) is 0 Å². The van der Waals surface area contributed by atoms with Crippen molar-refractivity contribution in [1.29, 1.82) is 0 Å². The Morgan fingerprint density at radius 1 is 0.543 bits per heavy atom. The third-order valence-corrected chi connectivity index (χ3v) is 18.2. The van der Waals surface area contributed by atoms with Gasteiger partial charge in [0.05, 0.1) is 16.2 Å². The smallest absolute Gasteiger partial charge is 0.254 e. The van der Waals surface area contributed by atoms with E-state index >= 15 is 0 Å². The second-order valence-corrected chi connectivity index (χ2v) is 25.4. The number of hydrogen-bond donors (Lipinski definition) is 0. The highest BCUT2D eigenvalue weighted by Crippen LogP contribution is 2.61. The van der Waals surface area contributed by atoms with Crippen molar-refractivity contribution in [1.82, 2.24) is 0 Å². The van der Waals surface area contributed by atoms with E-state index < -0.39 is 6.85 Å². The molecule has 4 aliphatic rings. The van der Waals surface area contributed by atoms with Crippen molar-refractivity contribution in [3.05, 3.63) is 173 Å². The number of thiophene rings is 1. The molecule has 3 nitrogen and oxygen atoms in total. The summed E-state index contributed by atoms with van der Waals surface area (Å²) in [5.74, 6) is 0. The molecule has 70 heavy (non-hydrogen) atoms. The fourth-order valence-electron chi connectivity index (χ4n) is 12.9. The highest BCUT2D eigenvalue weighted by Gasteiger charge is 2.58. The molecule has 2 unspecified atom stereocenters. The van der Waals surface area contributed by atoms with Gasteiger partial charge in [0, 0.05) is 53.9 Å². The van der Waals surface area contributed by atoms with Crippen LogP contribution >= 0.6 is 11.3 Å². The van der Waals surface area contributed by atoms with Gasteiger partial charge in [0.25, 0.3) is 6.71 Å². The van der Waals surface area contributed by atoms with Crippen LogP contribution in [0.2, 0.25) is 0 Å². The lowest BCUT2D eigenvalue weighted by molar-refractivity contribution is 0.195. The van der Waals surface area contributed by atoms with Crippen LogP contribution in [0.15, 0.2) is 146 Å². The molecule has 12 rings (SSSR count). The lowest BCUT2D eigenvalue weighted by atomic mass is 9.33. The van der Waals surface area contributed by atoms with E-state index in [1.54, 1.807) is 0 Å². The highest BCUT2D eigenvalue weighted by atomic mass is 32.1. The molecule has 0 bridgehead atoms. The van der Waals surface area contributed by atoms with Crippen molar-refractivity contribution in [2.45, 2.75) is 136 Å². The van der Waals surface area contributed by atoms with Gasteiger partial charge in [-0.05, 0) is 159 Å². The minimum absolute atomic E-state index is 0.0118. The van der Waals surface area contributed by atoms with Gasteiger partial charge in [-0.2, -0.15) is 0 Å². The Balaban J connectivity index is 1.21. The summed E-state index contributed by atoms with van der Waals surface area (Å²) in [5, 5.41) is 2.38. The van der Waals surface area contributed by atoms with E-state index in [0.717, 1.165) is 62.9 Å². The maximum absolute atomic E-state index is 9.24. The van der Waals surface area contributed by atoms with Crippen LogP contribution in [-0.4, -0.2) is 12.3 Å². The predicted molar refractivity (Wildman–Crippen MR) is 305 cm³/mol. The number of fused-ring (bicyclic) bond motifs is 9. The Hall–Kier alpha value is -6.04. The maximum Gasteiger partial charge on any atom is 0.254 e. The van der Waals surface area contributed by atoms with Crippen molar-refractivity contribution >= 4 is 89.3 Å². The van der Waals surface area contributed by atoms with Crippen molar-refractivity contribution in [2.75, 3.05) is 14.7 Å². The van der Waals surface area contributed by atoms with E-state index in [-0.39, 0.29) is 33.9 Å². The third-order valence-electron chi connectivity index (χ3n) is 17.0. The van der Waals surface area contributed by atoms with Crippen LogP contribution in [0.5, 0.6) is 0 Å². The fraction of sp³-hybridized carbons (Fsp3) is 0.323. The molecule has 7 aromatic carbocycles. The quantitative estimate of drug-likeness (QED) is 0.163. The molecule has 1 aromatic heterocycles. The molecule has 0 amide bonds. The molecule has 0 N–H and O–H groups in total. The van der Waals surface area contributed by atoms with Crippen LogP contribution in [-0.2, 0) is 21.7 Å². The van der Waals surface area contributed by atoms with Crippen molar-refractivity contribution < 1.29 is 4.11 Å². The monoisotopic (exact) mass is 937 g/mol. The molecule has 352 valence electrons. The fourth-order valence-corrected chi connectivity index (χ4v) is 14.1. The normalized spacial score (nSPS) is 20.3. The van der Waals surface area contributed by atoms with Crippen molar-refractivity contribution in [2.24, 2.45) is 0 Å². The van der Waals surface area contributed by atoms with E-state index in [4.69, 9.17) is 0 Å². The summed E-state index contributed by atoms with van der Waals surface area (Å²) >= 11 is 1.83. The summed E-state index contributed by atoms with van der Waals surface area (Å²) in [6.07, 6.45) is 4.66. The van der Waals surface area contributed by atoms with Crippen molar-refractivity contribution in [3.8, 4) is 11.1 Å². The summed E-state index contributed by atoms with van der Waals surface area (Å²) in [5.41, 5.74) is 18.4. The molecule has 0 saturated heterocycles. The third kappa shape index (κ3) is 6.66. The SMILES string of the molecule is [2H]C([2H])([2H])c1cc2c3c(c1)N(c1ccc(C(C)(C)C)cc1-c1ccccc1)c1sc4ccc(C(C)(C)C)cc4c1B3c1ccc(N3c4ccccc4C4(C)CCCCC34C)cc1N2c1ccc(C(C)(C)C)cc1. The van der Waals surface area contributed by atoms with Gasteiger partial charge < -0.3 is 14.7 Å². The Morgan fingerprint density at radius 3 is 1.89 bits per heavy atom. The molecule has 1 aliphatic carbocycles. The molecular weight excluding hydrogens is 866 g/mol. The zero-order valence-electron chi connectivity index (χ0n) is 46.0. The van der Waals surface area contributed by atoms with Gasteiger partial charge in [0.2, 0.25) is 0 Å². The minimum atomic E-state index is -2.39. The molecule has 1 fully saturated rings. The molecule has 4 heterocycles. The van der Waals surface area contributed by atoms with Crippen molar-refractivity contribution in [3.63, 3.8) is 0 Å². The number of aryl methyl sites for hydroxylation is 1. The number of hydrogen-bond acceptors (Lipinski definition) is 4. The first kappa shape index (κ1) is 41.7. The van der Waals surface area contributed by atoms with Crippen LogP contribution in [0.1, 0.15) is 134 Å². The lowest BCUT2D eigenvalue weighted by Gasteiger charge is -2.50. The number of nitrogens with zero attached hydrogens (tertiary/aromatic N) is 3. The Bertz CT molecular complexity index is 3520. The Labute approximate surface area is 426 Å². The van der Waals surface area contributed by atoms with Gasteiger partial charge in [-0.15, -0.1) is 11.3 Å². The molecule has 1 saturated carbocycles. The van der Waals surface area contributed by atoms with E-state index in [0.29, 0.717) is 5.56 Å². The Kier molecular flexibility index (Phi) is 9.23. The average molecular weight is 937 g/mol. The van der Waals surface area contributed by atoms with Gasteiger partial charge in [-0.3, -0.25) is 0 Å². The summed E-state index contributed by atoms with van der Waals surface area (Å²) in [6, 6.07) is 54.3. The zero-order valence-corrected chi connectivity index (χ0v) is 43.8. The standard InChI is InChI=1S/C65H68BN3S/c1-41-36-55-59-56(37-41)68(52-32-26-44(62(5,6)7)38-48(52)42-20-14-13-15-21-42)60-58(49-39-45(63(8,9)10)27-33-57(49)70-60)66(59)51-31-30-47(40-54(51)67(55)46-28-24-43(25-29-46)61(2,3)4)69-53-23-17-16-22-50(53)64(11)34-18-19-35-65(64,69)12/h13-17,20-33,36-40H,18-19,34-35H2,1-12H3/i1D3. The number of para-hydroxylation sites is 1. The first-order chi connectivity index (χ1) is 34.5. The summed E-state index contributed by atoms with van der Waals surface area (Å²) in [7, 11) is 0. The van der Waals surface area contributed by atoms with Crippen LogP contribution in [0.3, 0.4) is 0 Å². The number of anilines is 8. The number of benzene rings is 7. The summed E-state index contributed by atoms with van der Waals surface area (Å²) in [6.45, 7) is 22.9. The number of rotatable bonds is 4. The van der Waals surface area contributed by atoms with E-state index in [1.807, 2.05) is 23.5 Å². The minimum Gasteiger partial charge on any atom is -0.334 e. The Morgan fingerprint density at radius 2 is 1.17 bits per heavy atom. The molecule has 8 aromatic rings. The van der Waals surface area contributed by atoms with Gasteiger partial charge in [0.15, 0.2) is 0 Å². The average Bonchev–Trinajstić information content (AvgIpc) is 3.82. The van der Waals surface area contributed by atoms with Crippen LogP contribution in [0.4, 0.5) is 44.8 Å². The molecule has 3 aliphatic heterocycles. The molecule has 0 spiro atoms. The molecule has 0 radical (unpaired) electrons. The first-order valence-electron chi connectivity index (χ1n) is 27.2. The maximum atomic E-state index is 9.24. The van der Waals surface area contributed by atoms with E-state index in [9.17, 15) is 4.11 Å². The van der Waals surface area contributed by atoms with Crippen LogP contribution < -0.4 is 31.1 Å². The predicted octanol–water partition coefficient (Wildman–Crippen LogP) is 16.6. The zero-order chi connectivity index (χ0) is 51.4. The lowest BCUT2D eigenvalue weighted by Crippen LogP contribution is -2.61.